The maximum atomic E-state index is 5.32. The third kappa shape index (κ3) is 4.56. The molecule has 0 radical (unpaired) electrons. The number of nitrogens with zero attached hydrogens (tertiary/aromatic N) is 1. The van der Waals surface area contributed by atoms with Gasteiger partial charge in [0.25, 0.3) is 0 Å². The zero-order chi connectivity index (χ0) is 15.8. The Morgan fingerprint density at radius 2 is 1.77 bits per heavy atom. The number of hydrazone groups is 1. The Morgan fingerprint density at radius 3 is 2.50 bits per heavy atom. The monoisotopic (exact) mass is 313 g/mol. The lowest BCUT2D eigenvalue weighted by molar-refractivity contribution is 0.414. The van der Waals surface area contributed by atoms with Crippen LogP contribution in [0.5, 0.6) is 5.75 Å². The van der Waals surface area contributed by atoms with Crippen molar-refractivity contribution in [2.75, 3.05) is 7.11 Å². The third-order valence-corrected chi connectivity index (χ3v) is 3.35. The van der Waals surface area contributed by atoms with Crippen LogP contribution in [0.15, 0.2) is 59.7 Å². The van der Waals surface area contributed by atoms with E-state index >= 15 is 0 Å². The number of rotatable bonds is 5. The molecule has 0 saturated carbocycles. The quantitative estimate of drug-likeness (QED) is 0.506. The van der Waals surface area contributed by atoms with Crippen molar-refractivity contribution in [3.63, 3.8) is 0 Å². The van der Waals surface area contributed by atoms with Crippen LogP contribution in [0, 0.1) is 0 Å². The number of benzene rings is 2. The first-order valence-corrected chi connectivity index (χ1v) is 7.37. The van der Waals surface area contributed by atoms with Gasteiger partial charge in [-0.1, -0.05) is 42.5 Å². The molecule has 2 aromatic rings. The highest BCUT2D eigenvalue weighted by atomic mass is 32.1. The molecule has 0 spiro atoms. The van der Waals surface area contributed by atoms with Crippen LogP contribution in [0.1, 0.15) is 18.1 Å². The van der Waals surface area contributed by atoms with Crippen LogP contribution in [-0.4, -0.2) is 17.9 Å². The van der Waals surface area contributed by atoms with Crippen molar-refractivity contribution in [2.45, 2.75) is 13.5 Å². The zero-order valence-electron chi connectivity index (χ0n) is 12.7. The Morgan fingerprint density at radius 1 is 1.09 bits per heavy atom. The van der Waals surface area contributed by atoms with Gasteiger partial charge in [-0.3, -0.25) is 5.43 Å². The SMILES string of the molecule is COc1ccccc1/C(C)=N/NC(=S)NCc1ccccc1. The fraction of sp³-hybridized carbons (Fsp3) is 0.176. The van der Waals surface area contributed by atoms with Crippen molar-refractivity contribution in [1.29, 1.82) is 0 Å². The highest BCUT2D eigenvalue weighted by Crippen LogP contribution is 2.17. The predicted octanol–water partition coefficient (Wildman–Crippen LogP) is 3.08. The van der Waals surface area contributed by atoms with Crippen LogP contribution in [-0.2, 0) is 6.54 Å². The summed E-state index contributed by atoms with van der Waals surface area (Å²) < 4.78 is 5.32. The Kier molecular flexibility index (Phi) is 5.91. The van der Waals surface area contributed by atoms with E-state index in [0.717, 1.165) is 22.6 Å². The summed E-state index contributed by atoms with van der Waals surface area (Å²) in [4.78, 5) is 0. The van der Waals surface area contributed by atoms with E-state index in [1.807, 2.05) is 61.5 Å². The molecule has 0 aliphatic carbocycles. The summed E-state index contributed by atoms with van der Waals surface area (Å²) >= 11 is 5.22. The van der Waals surface area contributed by atoms with E-state index in [0.29, 0.717) is 11.7 Å². The van der Waals surface area contributed by atoms with Crippen molar-refractivity contribution >= 4 is 23.0 Å². The molecule has 0 bridgehead atoms. The molecular weight excluding hydrogens is 294 g/mol. The predicted molar refractivity (Wildman–Crippen MR) is 94.2 cm³/mol. The molecule has 0 fully saturated rings. The Bertz CT molecular complexity index is 656. The lowest BCUT2D eigenvalue weighted by Gasteiger charge is -2.10. The minimum atomic E-state index is 0.484. The van der Waals surface area contributed by atoms with Gasteiger partial charge in [0.05, 0.1) is 12.8 Å². The number of hydrogen-bond acceptors (Lipinski definition) is 3. The number of nitrogens with one attached hydrogen (secondary N) is 2. The summed E-state index contributed by atoms with van der Waals surface area (Å²) in [5, 5.41) is 7.90. The van der Waals surface area contributed by atoms with Crippen LogP contribution in [0.4, 0.5) is 0 Å². The molecule has 2 rings (SSSR count). The third-order valence-electron chi connectivity index (χ3n) is 3.12. The van der Waals surface area contributed by atoms with Gasteiger partial charge >= 0.3 is 0 Å². The minimum absolute atomic E-state index is 0.484. The smallest absolute Gasteiger partial charge is 0.187 e. The van der Waals surface area contributed by atoms with Gasteiger partial charge in [0.2, 0.25) is 0 Å². The second-order valence-electron chi connectivity index (χ2n) is 4.68. The van der Waals surface area contributed by atoms with Crippen LogP contribution in [0.25, 0.3) is 0 Å². The lowest BCUT2D eigenvalue weighted by Crippen LogP contribution is -2.32. The summed E-state index contributed by atoms with van der Waals surface area (Å²) in [6.07, 6.45) is 0. The topological polar surface area (TPSA) is 45.6 Å². The van der Waals surface area contributed by atoms with E-state index in [9.17, 15) is 0 Å². The molecule has 0 aromatic heterocycles. The summed E-state index contributed by atoms with van der Waals surface area (Å²) in [5.74, 6) is 0.786. The van der Waals surface area contributed by atoms with Gasteiger partial charge in [0, 0.05) is 12.1 Å². The number of ether oxygens (including phenoxy) is 1. The molecule has 5 heteroatoms. The molecule has 0 unspecified atom stereocenters. The van der Waals surface area contributed by atoms with Crippen LogP contribution < -0.4 is 15.5 Å². The molecule has 2 N–H and O–H groups in total. The Hall–Kier alpha value is -2.40. The van der Waals surface area contributed by atoms with Gasteiger partial charge in [0.15, 0.2) is 5.11 Å². The average Bonchev–Trinajstić information content (AvgIpc) is 2.58. The van der Waals surface area contributed by atoms with Gasteiger partial charge in [-0.05, 0) is 36.8 Å². The van der Waals surface area contributed by atoms with Crippen molar-refractivity contribution in [3.05, 3.63) is 65.7 Å². The van der Waals surface area contributed by atoms with Crippen molar-refractivity contribution in [3.8, 4) is 5.75 Å². The van der Waals surface area contributed by atoms with E-state index in [1.54, 1.807) is 7.11 Å². The number of methoxy groups -OCH3 is 1. The zero-order valence-corrected chi connectivity index (χ0v) is 13.5. The molecule has 0 saturated heterocycles. The first-order chi connectivity index (χ1) is 10.7. The first kappa shape index (κ1) is 16.0. The van der Waals surface area contributed by atoms with Crippen molar-refractivity contribution in [1.82, 2.24) is 10.7 Å². The number of para-hydroxylation sites is 1. The van der Waals surface area contributed by atoms with Crippen molar-refractivity contribution < 1.29 is 4.74 Å². The lowest BCUT2D eigenvalue weighted by atomic mass is 10.1. The van der Waals surface area contributed by atoms with Gasteiger partial charge in [-0.15, -0.1) is 0 Å². The van der Waals surface area contributed by atoms with E-state index in [-0.39, 0.29) is 0 Å². The minimum Gasteiger partial charge on any atom is -0.496 e. The molecule has 0 amide bonds. The van der Waals surface area contributed by atoms with Gasteiger partial charge < -0.3 is 10.1 Å². The van der Waals surface area contributed by atoms with Crippen molar-refractivity contribution in [2.24, 2.45) is 5.10 Å². The molecule has 0 aliphatic heterocycles. The fourth-order valence-electron chi connectivity index (χ4n) is 1.96. The van der Waals surface area contributed by atoms with E-state index in [4.69, 9.17) is 17.0 Å². The summed E-state index contributed by atoms with van der Waals surface area (Å²) in [7, 11) is 1.64. The highest BCUT2D eigenvalue weighted by Gasteiger charge is 2.05. The molecular formula is C17H19N3OS. The van der Waals surface area contributed by atoms with E-state index < -0.39 is 0 Å². The normalized spacial score (nSPS) is 10.9. The maximum absolute atomic E-state index is 5.32. The average molecular weight is 313 g/mol. The molecule has 0 aliphatic rings. The maximum Gasteiger partial charge on any atom is 0.187 e. The van der Waals surface area contributed by atoms with Gasteiger partial charge in [0.1, 0.15) is 5.75 Å². The Balaban J connectivity index is 1.91. The van der Waals surface area contributed by atoms with Crippen LogP contribution in [0.2, 0.25) is 0 Å². The first-order valence-electron chi connectivity index (χ1n) is 6.96. The van der Waals surface area contributed by atoms with E-state index in [1.165, 1.54) is 0 Å². The number of thiocarbonyl (C=S) groups is 1. The summed E-state index contributed by atoms with van der Waals surface area (Å²) in [6, 6.07) is 17.8. The molecule has 4 nitrogen and oxygen atoms in total. The standard InChI is InChI=1S/C17H19N3OS/c1-13(15-10-6-7-11-16(15)21-2)19-20-17(22)18-12-14-8-4-3-5-9-14/h3-11H,12H2,1-2H3,(H2,18,20,22)/b19-13+. The summed E-state index contributed by atoms with van der Waals surface area (Å²) in [6.45, 7) is 2.57. The molecule has 22 heavy (non-hydrogen) atoms. The number of hydrogen-bond donors (Lipinski definition) is 2. The fourth-order valence-corrected chi connectivity index (χ4v) is 2.07. The second-order valence-corrected chi connectivity index (χ2v) is 5.09. The van der Waals surface area contributed by atoms with Gasteiger partial charge in [-0.25, -0.2) is 0 Å². The largest absolute Gasteiger partial charge is 0.496 e. The van der Waals surface area contributed by atoms with E-state index in [2.05, 4.69) is 15.8 Å². The highest BCUT2D eigenvalue weighted by molar-refractivity contribution is 7.80. The molecule has 2 aromatic carbocycles. The molecule has 0 heterocycles. The molecule has 0 atom stereocenters. The summed E-state index contributed by atoms with van der Waals surface area (Å²) in [5.41, 5.74) is 5.76. The van der Waals surface area contributed by atoms with Gasteiger partial charge in [-0.2, -0.15) is 5.10 Å². The van der Waals surface area contributed by atoms with Crippen LogP contribution >= 0.6 is 12.2 Å². The molecule has 114 valence electrons. The van der Waals surface area contributed by atoms with Crippen LogP contribution in [0.3, 0.4) is 0 Å². The second kappa shape index (κ2) is 8.14. The Labute approximate surface area is 136 Å².